The molecule has 0 saturated heterocycles. The first-order valence-electron chi connectivity index (χ1n) is 8.04. The van der Waals surface area contributed by atoms with E-state index in [9.17, 15) is 9.59 Å². The van der Waals surface area contributed by atoms with Gasteiger partial charge in [-0.2, -0.15) is 0 Å². The second-order valence-corrected chi connectivity index (χ2v) is 6.97. The van der Waals surface area contributed by atoms with Crippen LogP contribution in [0.5, 0.6) is 5.75 Å². The van der Waals surface area contributed by atoms with Crippen molar-refractivity contribution in [3.63, 3.8) is 0 Å². The highest BCUT2D eigenvalue weighted by Crippen LogP contribution is 2.32. The minimum absolute atomic E-state index is 0.0911. The molecule has 0 fully saturated rings. The van der Waals surface area contributed by atoms with Crippen LogP contribution in [0.25, 0.3) is 0 Å². The van der Waals surface area contributed by atoms with E-state index < -0.39 is 5.97 Å². The van der Waals surface area contributed by atoms with Gasteiger partial charge in [-0.1, -0.05) is 32.9 Å². The van der Waals surface area contributed by atoms with Gasteiger partial charge in [-0.3, -0.25) is 4.79 Å². The molecule has 0 unspecified atom stereocenters. The second kappa shape index (κ2) is 7.38. The molecule has 0 radical (unpaired) electrons. The van der Waals surface area contributed by atoms with E-state index >= 15 is 0 Å². The minimum atomic E-state index is -1.00. The molecule has 2 aromatic rings. The number of rotatable bonds is 5. The Kier molecular flexibility index (Phi) is 5.47. The summed E-state index contributed by atoms with van der Waals surface area (Å²) in [5.41, 5.74) is 2.71. The number of nitrogens with one attached hydrogen (secondary N) is 1. The molecule has 0 aliphatic carbocycles. The zero-order chi connectivity index (χ0) is 18.6. The van der Waals surface area contributed by atoms with Crippen molar-refractivity contribution in [2.24, 2.45) is 0 Å². The first kappa shape index (κ1) is 18.5. The molecule has 0 spiro atoms. The number of carbonyl (C=O) groups excluding carboxylic acids is 1. The lowest BCUT2D eigenvalue weighted by molar-refractivity contribution is -0.118. The number of carboxylic acid groups (broad SMARTS) is 1. The Labute approximate surface area is 147 Å². The van der Waals surface area contributed by atoms with Gasteiger partial charge in [0.2, 0.25) is 0 Å². The summed E-state index contributed by atoms with van der Waals surface area (Å²) in [7, 11) is 0. The molecule has 0 saturated carbocycles. The molecule has 25 heavy (non-hydrogen) atoms. The number of amides is 1. The SMILES string of the molecule is Cc1ccc(C(C)(C)C)c(OCC(=O)Nc2ccc(C(=O)O)cc2)c1. The number of hydrogen-bond acceptors (Lipinski definition) is 3. The van der Waals surface area contributed by atoms with Crippen molar-refractivity contribution in [2.75, 3.05) is 11.9 Å². The molecular formula is C20H23NO4. The van der Waals surface area contributed by atoms with Crippen molar-refractivity contribution in [1.82, 2.24) is 0 Å². The Bertz CT molecular complexity index is 773. The number of benzene rings is 2. The first-order valence-corrected chi connectivity index (χ1v) is 8.04. The van der Waals surface area contributed by atoms with E-state index in [-0.39, 0.29) is 23.5 Å². The Hall–Kier alpha value is -2.82. The van der Waals surface area contributed by atoms with Gasteiger partial charge < -0.3 is 15.2 Å². The van der Waals surface area contributed by atoms with Gasteiger partial charge in [-0.25, -0.2) is 4.79 Å². The van der Waals surface area contributed by atoms with Crippen LogP contribution in [0.2, 0.25) is 0 Å². The van der Waals surface area contributed by atoms with E-state index in [0.717, 1.165) is 11.1 Å². The van der Waals surface area contributed by atoms with E-state index in [1.807, 2.05) is 25.1 Å². The maximum atomic E-state index is 12.1. The van der Waals surface area contributed by atoms with E-state index in [1.165, 1.54) is 12.1 Å². The van der Waals surface area contributed by atoms with Gasteiger partial charge in [0, 0.05) is 5.69 Å². The molecule has 0 aromatic heterocycles. The largest absolute Gasteiger partial charge is 0.483 e. The molecule has 1 amide bonds. The lowest BCUT2D eigenvalue weighted by Crippen LogP contribution is -2.22. The maximum absolute atomic E-state index is 12.1. The van der Waals surface area contributed by atoms with Crippen molar-refractivity contribution < 1.29 is 19.4 Å². The molecule has 2 rings (SSSR count). The highest BCUT2D eigenvalue weighted by atomic mass is 16.5. The van der Waals surface area contributed by atoms with E-state index in [1.54, 1.807) is 12.1 Å². The summed E-state index contributed by atoms with van der Waals surface area (Å²) in [4.78, 5) is 22.9. The highest BCUT2D eigenvalue weighted by Gasteiger charge is 2.19. The number of aromatic carboxylic acids is 1. The second-order valence-electron chi connectivity index (χ2n) is 6.97. The fourth-order valence-corrected chi connectivity index (χ4v) is 2.41. The van der Waals surface area contributed by atoms with Crippen LogP contribution in [0, 0.1) is 6.92 Å². The zero-order valence-electron chi connectivity index (χ0n) is 14.9. The summed E-state index contributed by atoms with van der Waals surface area (Å²) in [5, 5.41) is 11.6. The van der Waals surface area contributed by atoms with Gasteiger partial charge in [0.1, 0.15) is 5.75 Å². The predicted octanol–water partition coefficient (Wildman–Crippen LogP) is 4.01. The molecule has 5 heteroatoms. The summed E-state index contributed by atoms with van der Waals surface area (Å²) >= 11 is 0. The molecule has 132 valence electrons. The number of hydrogen-bond donors (Lipinski definition) is 2. The molecule has 0 atom stereocenters. The summed E-state index contributed by atoms with van der Waals surface area (Å²) in [5.74, 6) is -0.608. The Morgan fingerprint density at radius 1 is 1.08 bits per heavy atom. The minimum Gasteiger partial charge on any atom is -0.483 e. The fraction of sp³-hybridized carbons (Fsp3) is 0.300. The molecule has 0 aliphatic heterocycles. The molecule has 5 nitrogen and oxygen atoms in total. The van der Waals surface area contributed by atoms with Gasteiger partial charge in [-0.05, 0) is 53.8 Å². The Morgan fingerprint density at radius 2 is 1.72 bits per heavy atom. The van der Waals surface area contributed by atoms with Crippen LogP contribution < -0.4 is 10.1 Å². The fourth-order valence-electron chi connectivity index (χ4n) is 2.41. The van der Waals surface area contributed by atoms with Gasteiger partial charge >= 0.3 is 5.97 Å². The predicted molar refractivity (Wildman–Crippen MR) is 97.4 cm³/mol. The normalized spacial score (nSPS) is 11.0. The Balaban J connectivity index is 2.03. The van der Waals surface area contributed by atoms with Crippen LogP contribution in [0.4, 0.5) is 5.69 Å². The van der Waals surface area contributed by atoms with Crippen LogP contribution in [-0.2, 0) is 10.2 Å². The molecule has 2 N–H and O–H groups in total. The number of ether oxygens (including phenoxy) is 1. The summed E-state index contributed by atoms with van der Waals surface area (Å²) in [6.45, 7) is 8.13. The monoisotopic (exact) mass is 341 g/mol. The quantitative estimate of drug-likeness (QED) is 0.861. The van der Waals surface area contributed by atoms with Crippen LogP contribution in [0.3, 0.4) is 0 Å². The summed E-state index contributed by atoms with van der Waals surface area (Å²) in [6.07, 6.45) is 0. The van der Waals surface area contributed by atoms with E-state index in [2.05, 4.69) is 26.1 Å². The van der Waals surface area contributed by atoms with Crippen molar-refractivity contribution >= 4 is 17.6 Å². The first-order chi connectivity index (χ1) is 11.7. The summed E-state index contributed by atoms with van der Waals surface area (Å²) in [6, 6.07) is 12.0. The number of anilines is 1. The lowest BCUT2D eigenvalue weighted by atomic mass is 9.86. The third kappa shape index (κ3) is 5.08. The number of carbonyl (C=O) groups is 2. The van der Waals surface area contributed by atoms with Crippen LogP contribution in [0.15, 0.2) is 42.5 Å². The molecule has 0 bridgehead atoms. The number of aryl methyl sites for hydroxylation is 1. The average Bonchev–Trinajstić information content (AvgIpc) is 2.52. The Morgan fingerprint density at radius 3 is 2.28 bits per heavy atom. The summed E-state index contributed by atoms with van der Waals surface area (Å²) < 4.78 is 5.73. The third-order valence-electron chi connectivity index (χ3n) is 3.72. The molecule has 2 aromatic carbocycles. The highest BCUT2D eigenvalue weighted by molar-refractivity contribution is 5.93. The molecular weight excluding hydrogens is 318 g/mol. The van der Waals surface area contributed by atoms with Crippen LogP contribution in [0.1, 0.15) is 42.3 Å². The lowest BCUT2D eigenvalue weighted by Gasteiger charge is -2.23. The van der Waals surface area contributed by atoms with Crippen LogP contribution in [-0.4, -0.2) is 23.6 Å². The van der Waals surface area contributed by atoms with Crippen LogP contribution >= 0.6 is 0 Å². The number of carboxylic acids is 1. The van der Waals surface area contributed by atoms with Gasteiger partial charge in [0.25, 0.3) is 5.91 Å². The van der Waals surface area contributed by atoms with Crippen molar-refractivity contribution in [1.29, 1.82) is 0 Å². The topological polar surface area (TPSA) is 75.6 Å². The van der Waals surface area contributed by atoms with Gasteiger partial charge in [0.05, 0.1) is 5.56 Å². The van der Waals surface area contributed by atoms with E-state index in [4.69, 9.17) is 9.84 Å². The average molecular weight is 341 g/mol. The maximum Gasteiger partial charge on any atom is 0.335 e. The van der Waals surface area contributed by atoms with Gasteiger partial charge in [-0.15, -0.1) is 0 Å². The molecule has 0 heterocycles. The van der Waals surface area contributed by atoms with Crippen molar-refractivity contribution in [2.45, 2.75) is 33.1 Å². The smallest absolute Gasteiger partial charge is 0.335 e. The van der Waals surface area contributed by atoms with Crippen molar-refractivity contribution in [3.8, 4) is 5.75 Å². The standard InChI is InChI=1S/C20H23NO4/c1-13-5-10-16(20(2,3)4)17(11-13)25-12-18(22)21-15-8-6-14(7-9-15)19(23)24/h5-11H,12H2,1-4H3,(H,21,22)(H,23,24). The molecule has 0 aliphatic rings. The van der Waals surface area contributed by atoms with E-state index in [0.29, 0.717) is 11.4 Å². The van der Waals surface area contributed by atoms with Crippen molar-refractivity contribution in [3.05, 3.63) is 59.2 Å². The van der Waals surface area contributed by atoms with Gasteiger partial charge in [0.15, 0.2) is 6.61 Å². The third-order valence-corrected chi connectivity index (χ3v) is 3.72. The zero-order valence-corrected chi connectivity index (χ0v) is 14.9.